The van der Waals surface area contributed by atoms with E-state index in [1.807, 2.05) is 24.3 Å². The van der Waals surface area contributed by atoms with Crippen LogP contribution >= 0.6 is 11.6 Å². The van der Waals surface area contributed by atoms with E-state index in [2.05, 4.69) is 10.4 Å². The van der Waals surface area contributed by atoms with E-state index in [1.54, 1.807) is 19.2 Å². The molecule has 1 N–H and O–H groups in total. The third-order valence-corrected chi connectivity index (χ3v) is 4.99. The van der Waals surface area contributed by atoms with Crippen molar-refractivity contribution < 1.29 is 27.5 Å². The SMILES string of the molecule is COc1ccc([C@@H]2C[C@H](C(=O)NN(C)c3ncc(C(F)(F)F)cc3Cl)ON2C)cc1. The van der Waals surface area contributed by atoms with Gasteiger partial charge in [-0.3, -0.25) is 20.1 Å². The normalized spacial score (nSPS) is 19.6. The summed E-state index contributed by atoms with van der Waals surface area (Å²) in [4.78, 5) is 22.0. The topological polar surface area (TPSA) is 66.9 Å². The number of hydrazine groups is 1. The zero-order valence-electron chi connectivity index (χ0n) is 16.4. The van der Waals surface area contributed by atoms with Crippen LogP contribution in [0.4, 0.5) is 19.0 Å². The fourth-order valence-corrected chi connectivity index (χ4v) is 3.41. The number of nitrogens with zero attached hydrogens (tertiary/aromatic N) is 3. The summed E-state index contributed by atoms with van der Waals surface area (Å²) in [6.07, 6.45) is -4.31. The van der Waals surface area contributed by atoms with Crippen molar-refractivity contribution in [2.45, 2.75) is 24.7 Å². The van der Waals surface area contributed by atoms with Gasteiger partial charge in [-0.05, 0) is 23.8 Å². The lowest BCUT2D eigenvalue weighted by Crippen LogP contribution is -2.45. The van der Waals surface area contributed by atoms with Gasteiger partial charge in [-0.25, -0.2) is 4.98 Å². The first-order valence-electron chi connectivity index (χ1n) is 8.90. The Hall–Kier alpha value is -2.56. The quantitative estimate of drug-likeness (QED) is 0.711. The highest BCUT2D eigenvalue weighted by Crippen LogP contribution is 2.35. The van der Waals surface area contributed by atoms with E-state index in [-0.39, 0.29) is 16.9 Å². The molecule has 0 bridgehead atoms. The zero-order chi connectivity index (χ0) is 22.1. The van der Waals surface area contributed by atoms with E-state index in [9.17, 15) is 18.0 Å². The maximum absolute atomic E-state index is 12.8. The number of methoxy groups -OCH3 is 1. The monoisotopic (exact) mass is 444 g/mol. The van der Waals surface area contributed by atoms with Crippen LogP contribution in [0, 0.1) is 0 Å². The largest absolute Gasteiger partial charge is 0.497 e. The molecule has 11 heteroatoms. The highest BCUT2D eigenvalue weighted by molar-refractivity contribution is 6.33. The molecule has 7 nitrogen and oxygen atoms in total. The fraction of sp³-hybridized carbons (Fsp3) is 0.368. The molecule has 2 aromatic rings. The molecule has 162 valence electrons. The van der Waals surface area contributed by atoms with E-state index in [1.165, 1.54) is 7.05 Å². The van der Waals surface area contributed by atoms with Gasteiger partial charge in [-0.2, -0.15) is 18.2 Å². The van der Waals surface area contributed by atoms with Gasteiger partial charge in [0, 0.05) is 26.7 Å². The van der Waals surface area contributed by atoms with Gasteiger partial charge in [0.05, 0.1) is 23.7 Å². The van der Waals surface area contributed by atoms with Crippen molar-refractivity contribution in [2.75, 3.05) is 26.2 Å². The van der Waals surface area contributed by atoms with Crippen LogP contribution in [0.5, 0.6) is 5.75 Å². The molecule has 1 aliphatic rings. The van der Waals surface area contributed by atoms with E-state index in [0.29, 0.717) is 12.6 Å². The minimum atomic E-state index is -4.56. The standard InChI is InChI=1S/C19H20ClF3N4O3/c1-26(17-14(20)8-12(10-24-17)19(21,22)23)25-18(28)16-9-15(27(2)30-16)11-4-6-13(29-3)7-5-11/h4-8,10,15-16H,9H2,1-3H3,(H,25,28)/t15-,16+/m0/s1. The van der Waals surface area contributed by atoms with Crippen molar-refractivity contribution in [3.63, 3.8) is 0 Å². The van der Waals surface area contributed by atoms with E-state index in [0.717, 1.165) is 22.4 Å². The highest BCUT2D eigenvalue weighted by atomic mass is 35.5. The molecule has 1 amide bonds. The first-order valence-corrected chi connectivity index (χ1v) is 9.28. The van der Waals surface area contributed by atoms with Crippen LogP contribution in [0.3, 0.4) is 0 Å². The number of ether oxygens (including phenoxy) is 1. The minimum absolute atomic E-state index is 0.0175. The first-order chi connectivity index (χ1) is 14.1. The van der Waals surface area contributed by atoms with Gasteiger partial charge < -0.3 is 4.74 Å². The number of hydrogen-bond acceptors (Lipinski definition) is 6. The van der Waals surface area contributed by atoms with Crippen molar-refractivity contribution >= 4 is 23.3 Å². The second-order valence-electron chi connectivity index (χ2n) is 6.73. The van der Waals surface area contributed by atoms with Crippen LogP contribution < -0.4 is 15.2 Å². The maximum Gasteiger partial charge on any atom is 0.417 e. The summed E-state index contributed by atoms with van der Waals surface area (Å²) in [5.74, 6) is 0.228. The van der Waals surface area contributed by atoms with Gasteiger partial charge in [0.1, 0.15) is 5.75 Å². The van der Waals surface area contributed by atoms with Crippen molar-refractivity contribution in [3.05, 3.63) is 52.7 Å². The van der Waals surface area contributed by atoms with Crippen LogP contribution in [0.2, 0.25) is 5.02 Å². The minimum Gasteiger partial charge on any atom is -0.497 e. The summed E-state index contributed by atoms with van der Waals surface area (Å²) in [5, 5.41) is 2.51. The molecule has 30 heavy (non-hydrogen) atoms. The predicted molar refractivity (Wildman–Crippen MR) is 104 cm³/mol. The molecule has 1 aromatic carbocycles. The molecule has 1 aliphatic heterocycles. The van der Waals surface area contributed by atoms with Gasteiger partial charge in [0.25, 0.3) is 5.91 Å². The average Bonchev–Trinajstić information content (AvgIpc) is 3.09. The summed E-state index contributed by atoms with van der Waals surface area (Å²) in [5.41, 5.74) is 2.52. The van der Waals surface area contributed by atoms with E-state index in [4.69, 9.17) is 21.2 Å². The molecule has 2 atom stereocenters. The lowest BCUT2D eigenvalue weighted by molar-refractivity contribution is -0.163. The van der Waals surface area contributed by atoms with Gasteiger partial charge in [0.2, 0.25) is 0 Å². The number of hydrogen-bond donors (Lipinski definition) is 1. The van der Waals surface area contributed by atoms with Gasteiger partial charge >= 0.3 is 6.18 Å². The number of benzene rings is 1. The van der Waals surface area contributed by atoms with Crippen molar-refractivity contribution in [1.82, 2.24) is 15.5 Å². The number of carbonyl (C=O) groups excluding carboxylic acids is 1. The third kappa shape index (κ3) is 4.77. The number of amides is 1. The Bertz CT molecular complexity index is 911. The molecular weight excluding hydrogens is 425 g/mol. The number of nitrogens with one attached hydrogen (secondary N) is 1. The Kier molecular flexibility index (Phi) is 6.39. The zero-order valence-corrected chi connectivity index (χ0v) is 17.2. The molecule has 1 saturated heterocycles. The second kappa shape index (κ2) is 8.66. The fourth-order valence-electron chi connectivity index (χ4n) is 3.12. The molecule has 0 unspecified atom stereocenters. The predicted octanol–water partition coefficient (Wildman–Crippen LogP) is 3.61. The molecule has 3 rings (SSSR count). The van der Waals surface area contributed by atoms with Crippen molar-refractivity contribution in [3.8, 4) is 5.75 Å². The number of halogens is 4. The Morgan fingerprint density at radius 3 is 2.60 bits per heavy atom. The van der Waals surface area contributed by atoms with Crippen LogP contribution in [-0.2, 0) is 15.8 Å². The lowest BCUT2D eigenvalue weighted by atomic mass is 10.0. The summed E-state index contributed by atoms with van der Waals surface area (Å²) >= 11 is 5.92. The van der Waals surface area contributed by atoms with Gasteiger partial charge in [0.15, 0.2) is 11.9 Å². The Morgan fingerprint density at radius 1 is 1.37 bits per heavy atom. The molecule has 0 spiro atoms. The number of anilines is 1. The number of carbonyl (C=O) groups is 1. The number of rotatable bonds is 5. The highest BCUT2D eigenvalue weighted by Gasteiger charge is 2.37. The number of hydroxylamine groups is 2. The van der Waals surface area contributed by atoms with Crippen molar-refractivity contribution in [1.29, 1.82) is 0 Å². The first kappa shape index (κ1) is 22.1. The van der Waals surface area contributed by atoms with Crippen LogP contribution in [-0.4, -0.2) is 43.3 Å². The molecule has 1 fully saturated rings. The van der Waals surface area contributed by atoms with Crippen LogP contribution in [0.25, 0.3) is 0 Å². The van der Waals surface area contributed by atoms with Crippen molar-refractivity contribution in [2.24, 2.45) is 0 Å². The smallest absolute Gasteiger partial charge is 0.417 e. The second-order valence-corrected chi connectivity index (χ2v) is 7.13. The van der Waals surface area contributed by atoms with Gasteiger partial charge in [-0.15, -0.1) is 0 Å². The Balaban J connectivity index is 1.66. The van der Waals surface area contributed by atoms with E-state index >= 15 is 0 Å². The number of aromatic nitrogens is 1. The molecule has 0 radical (unpaired) electrons. The summed E-state index contributed by atoms with van der Waals surface area (Å²) in [7, 11) is 4.73. The Labute approximate surface area is 176 Å². The molecular formula is C19H20ClF3N4O3. The van der Waals surface area contributed by atoms with Gasteiger partial charge in [-0.1, -0.05) is 23.7 Å². The third-order valence-electron chi connectivity index (χ3n) is 4.71. The molecule has 0 saturated carbocycles. The molecule has 0 aliphatic carbocycles. The summed E-state index contributed by atoms with van der Waals surface area (Å²) < 4.78 is 43.4. The lowest BCUT2D eigenvalue weighted by Gasteiger charge is -2.22. The average molecular weight is 445 g/mol. The maximum atomic E-state index is 12.8. The summed E-state index contributed by atoms with van der Waals surface area (Å²) in [6, 6.07) is 8.03. The van der Waals surface area contributed by atoms with E-state index < -0.39 is 23.8 Å². The molecule has 1 aromatic heterocycles. The molecule has 2 heterocycles. The van der Waals surface area contributed by atoms with Crippen LogP contribution in [0.15, 0.2) is 36.5 Å². The summed E-state index contributed by atoms with van der Waals surface area (Å²) in [6.45, 7) is 0. The number of pyridine rings is 1. The Morgan fingerprint density at radius 2 is 2.03 bits per heavy atom. The van der Waals surface area contributed by atoms with Crippen LogP contribution in [0.1, 0.15) is 23.6 Å². The number of alkyl halides is 3.